The molecule has 0 aliphatic carbocycles. The van der Waals surface area contributed by atoms with Crippen molar-refractivity contribution in [2.45, 2.75) is 39.7 Å². The number of rotatable bonds is 8. The summed E-state index contributed by atoms with van der Waals surface area (Å²) in [7, 11) is 1.72. The molecule has 0 spiro atoms. The maximum atomic E-state index is 12.3. The van der Waals surface area contributed by atoms with Crippen LogP contribution < -0.4 is 0 Å². The van der Waals surface area contributed by atoms with Crippen molar-refractivity contribution in [2.24, 2.45) is 0 Å². The summed E-state index contributed by atoms with van der Waals surface area (Å²) in [5.41, 5.74) is 4.43. The number of aryl methyl sites for hydroxylation is 3. The first-order valence-electron chi connectivity index (χ1n) is 9.72. The lowest BCUT2D eigenvalue weighted by Crippen LogP contribution is -2.31. The molecular formula is C23H26N2O3S. The van der Waals surface area contributed by atoms with E-state index in [9.17, 15) is 9.59 Å². The van der Waals surface area contributed by atoms with Crippen LogP contribution in [0.1, 0.15) is 34.5 Å². The number of aromatic nitrogens is 1. The molecule has 0 radical (unpaired) electrons. The fraction of sp³-hybridized carbons (Fsp3) is 0.348. The number of thiazole rings is 1. The molecular weight excluding hydrogens is 384 g/mol. The summed E-state index contributed by atoms with van der Waals surface area (Å²) in [4.78, 5) is 30.4. The number of ether oxygens (including phenoxy) is 1. The fourth-order valence-electron chi connectivity index (χ4n) is 3.10. The molecule has 1 aromatic heterocycles. The van der Waals surface area contributed by atoms with E-state index in [4.69, 9.17) is 4.74 Å². The third-order valence-corrected chi connectivity index (χ3v) is 5.89. The number of para-hydroxylation sites is 1. The second-order valence-corrected chi connectivity index (χ2v) is 8.38. The molecule has 2 aromatic carbocycles. The maximum absolute atomic E-state index is 12.3. The van der Waals surface area contributed by atoms with E-state index in [0.717, 1.165) is 32.8 Å². The maximum Gasteiger partial charge on any atom is 0.306 e. The van der Waals surface area contributed by atoms with Crippen LogP contribution in [0.15, 0.2) is 42.5 Å². The van der Waals surface area contributed by atoms with Crippen molar-refractivity contribution in [3.05, 3.63) is 64.2 Å². The Labute approximate surface area is 175 Å². The Balaban J connectivity index is 1.39. The number of hydrogen-bond acceptors (Lipinski definition) is 5. The molecule has 6 heteroatoms. The molecule has 5 nitrogen and oxygen atoms in total. The van der Waals surface area contributed by atoms with Gasteiger partial charge in [-0.05, 0) is 49.9 Å². The van der Waals surface area contributed by atoms with E-state index in [0.29, 0.717) is 13.0 Å². The van der Waals surface area contributed by atoms with E-state index in [1.54, 1.807) is 23.3 Å². The molecule has 0 aliphatic rings. The molecule has 1 heterocycles. The number of benzene rings is 2. The molecule has 0 saturated carbocycles. The van der Waals surface area contributed by atoms with Crippen molar-refractivity contribution in [2.75, 3.05) is 13.7 Å². The van der Waals surface area contributed by atoms with Crippen molar-refractivity contribution in [3.63, 3.8) is 0 Å². The predicted octanol–water partition coefficient (Wildman–Crippen LogP) is 4.44. The van der Waals surface area contributed by atoms with Crippen LogP contribution in [0.4, 0.5) is 0 Å². The van der Waals surface area contributed by atoms with Gasteiger partial charge in [0.25, 0.3) is 5.91 Å². The van der Waals surface area contributed by atoms with Gasteiger partial charge in [0.15, 0.2) is 6.61 Å². The Morgan fingerprint density at radius 2 is 1.93 bits per heavy atom. The van der Waals surface area contributed by atoms with Crippen LogP contribution >= 0.6 is 11.3 Å². The summed E-state index contributed by atoms with van der Waals surface area (Å²) in [5.74, 6) is -0.552. The quantitative estimate of drug-likeness (QED) is 0.515. The standard InChI is InChI=1S/C23H26N2O3S/c1-16-11-12-18(17(2)13-16)14-25(3)22(26)15-28-23(27)10-6-9-21-24-19-7-4-5-8-20(19)29-21/h4-5,7-8,11-13H,6,9-10,14-15H2,1-3H3. The average molecular weight is 411 g/mol. The van der Waals surface area contributed by atoms with Gasteiger partial charge in [0.05, 0.1) is 15.2 Å². The highest BCUT2D eigenvalue weighted by Crippen LogP contribution is 2.22. The Morgan fingerprint density at radius 1 is 1.14 bits per heavy atom. The van der Waals surface area contributed by atoms with Gasteiger partial charge in [0.2, 0.25) is 0 Å². The van der Waals surface area contributed by atoms with Gasteiger partial charge in [0, 0.05) is 20.0 Å². The minimum atomic E-state index is -0.348. The Hall–Kier alpha value is -2.73. The van der Waals surface area contributed by atoms with Crippen LogP contribution in [-0.4, -0.2) is 35.4 Å². The lowest BCUT2D eigenvalue weighted by Gasteiger charge is -2.18. The number of amides is 1. The lowest BCUT2D eigenvalue weighted by atomic mass is 10.1. The van der Waals surface area contributed by atoms with Crippen LogP contribution in [-0.2, 0) is 27.3 Å². The highest BCUT2D eigenvalue weighted by Gasteiger charge is 2.14. The minimum absolute atomic E-state index is 0.204. The zero-order valence-electron chi connectivity index (χ0n) is 17.1. The number of fused-ring (bicyclic) bond motifs is 1. The van der Waals surface area contributed by atoms with Crippen molar-refractivity contribution in [3.8, 4) is 0 Å². The smallest absolute Gasteiger partial charge is 0.306 e. The monoisotopic (exact) mass is 410 g/mol. The van der Waals surface area contributed by atoms with Crippen LogP contribution in [0.5, 0.6) is 0 Å². The first kappa shape index (κ1) is 21.0. The molecule has 152 valence electrons. The Bertz CT molecular complexity index is 979. The topological polar surface area (TPSA) is 59.5 Å². The summed E-state index contributed by atoms with van der Waals surface area (Å²) in [6.07, 6.45) is 1.67. The van der Waals surface area contributed by atoms with E-state index in [1.165, 1.54) is 5.56 Å². The van der Waals surface area contributed by atoms with Crippen LogP contribution in [0.2, 0.25) is 0 Å². The third-order valence-electron chi connectivity index (χ3n) is 4.80. The molecule has 0 fully saturated rings. The van der Waals surface area contributed by atoms with E-state index in [-0.39, 0.29) is 24.9 Å². The number of carbonyl (C=O) groups excluding carboxylic acids is 2. The van der Waals surface area contributed by atoms with Crippen LogP contribution in [0.25, 0.3) is 10.2 Å². The summed E-state index contributed by atoms with van der Waals surface area (Å²) in [6.45, 7) is 4.36. The second kappa shape index (κ2) is 9.65. The Morgan fingerprint density at radius 3 is 2.69 bits per heavy atom. The van der Waals surface area contributed by atoms with E-state index in [1.807, 2.05) is 50.2 Å². The van der Waals surface area contributed by atoms with Gasteiger partial charge in [-0.1, -0.05) is 35.9 Å². The van der Waals surface area contributed by atoms with E-state index in [2.05, 4.69) is 11.1 Å². The number of hydrogen-bond donors (Lipinski definition) is 0. The van der Waals surface area contributed by atoms with Crippen molar-refractivity contribution < 1.29 is 14.3 Å². The SMILES string of the molecule is Cc1ccc(CN(C)C(=O)COC(=O)CCCc2nc3ccccc3s2)c(C)c1. The third kappa shape index (κ3) is 5.87. The van der Waals surface area contributed by atoms with Gasteiger partial charge in [-0.25, -0.2) is 4.98 Å². The molecule has 0 saturated heterocycles. The molecule has 29 heavy (non-hydrogen) atoms. The van der Waals surface area contributed by atoms with Gasteiger partial charge in [0.1, 0.15) is 0 Å². The molecule has 3 aromatic rings. The molecule has 0 aliphatic heterocycles. The first-order valence-corrected chi connectivity index (χ1v) is 10.5. The molecule has 0 atom stereocenters. The molecule has 1 amide bonds. The van der Waals surface area contributed by atoms with Gasteiger partial charge in [-0.2, -0.15) is 0 Å². The fourth-order valence-corrected chi connectivity index (χ4v) is 4.11. The van der Waals surface area contributed by atoms with Crippen LogP contribution in [0.3, 0.4) is 0 Å². The Kier molecular flexibility index (Phi) is 6.99. The first-order chi connectivity index (χ1) is 13.9. The molecule has 0 unspecified atom stereocenters. The molecule has 3 rings (SSSR count). The van der Waals surface area contributed by atoms with E-state index >= 15 is 0 Å². The van der Waals surface area contributed by atoms with Crippen molar-refractivity contribution >= 4 is 33.4 Å². The minimum Gasteiger partial charge on any atom is -0.456 e. The summed E-state index contributed by atoms with van der Waals surface area (Å²) in [6, 6.07) is 14.2. The number of carbonyl (C=O) groups is 2. The highest BCUT2D eigenvalue weighted by atomic mass is 32.1. The van der Waals surface area contributed by atoms with Crippen molar-refractivity contribution in [1.29, 1.82) is 0 Å². The van der Waals surface area contributed by atoms with Gasteiger partial charge < -0.3 is 9.64 Å². The van der Waals surface area contributed by atoms with Crippen molar-refractivity contribution in [1.82, 2.24) is 9.88 Å². The molecule has 0 bridgehead atoms. The van der Waals surface area contributed by atoms with Gasteiger partial charge in [-0.15, -0.1) is 11.3 Å². The van der Waals surface area contributed by atoms with Crippen LogP contribution in [0, 0.1) is 13.8 Å². The zero-order chi connectivity index (χ0) is 20.8. The summed E-state index contributed by atoms with van der Waals surface area (Å²) < 4.78 is 6.32. The van der Waals surface area contributed by atoms with E-state index < -0.39 is 0 Å². The largest absolute Gasteiger partial charge is 0.456 e. The number of nitrogens with zero attached hydrogens (tertiary/aromatic N) is 2. The van der Waals surface area contributed by atoms with Gasteiger partial charge >= 0.3 is 5.97 Å². The average Bonchev–Trinajstić information content (AvgIpc) is 3.11. The molecule has 0 N–H and O–H groups in total. The second-order valence-electron chi connectivity index (χ2n) is 7.27. The normalized spacial score (nSPS) is 10.9. The summed E-state index contributed by atoms with van der Waals surface area (Å²) in [5, 5.41) is 1.02. The highest BCUT2D eigenvalue weighted by molar-refractivity contribution is 7.18. The predicted molar refractivity (Wildman–Crippen MR) is 116 cm³/mol. The zero-order valence-corrected chi connectivity index (χ0v) is 17.9. The number of likely N-dealkylation sites (N-methyl/N-ethyl adjacent to an activating group) is 1. The summed E-state index contributed by atoms with van der Waals surface area (Å²) >= 11 is 1.65. The number of esters is 1. The van der Waals surface area contributed by atoms with Gasteiger partial charge in [-0.3, -0.25) is 9.59 Å². The lowest BCUT2D eigenvalue weighted by molar-refractivity contribution is -0.151.